The number of carbonyl (C=O) groups excluding carboxylic acids is 1. The summed E-state index contributed by atoms with van der Waals surface area (Å²) in [5, 5.41) is 0. The normalized spacial score (nSPS) is 25.2. The highest BCUT2D eigenvalue weighted by molar-refractivity contribution is 5.47. The Balaban J connectivity index is 2.27. The lowest BCUT2D eigenvalue weighted by molar-refractivity contribution is -0.120. The van der Waals surface area contributed by atoms with E-state index in [1.54, 1.807) is 7.11 Å². The van der Waals surface area contributed by atoms with Crippen molar-refractivity contribution in [1.82, 2.24) is 4.90 Å². The molecule has 64 valence electrons. The second kappa shape index (κ2) is 4.34. The van der Waals surface area contributed by atoms with E-state index in [9.17, 15) is 4.79 Å². The van der Waals surface area contributed by atoms with Gasteiger partial charge >= 0.3 is 0 Å². The van der Waals surface area contributed by atoms with E-state index in [4.69, 9.17) is 4.74 Å². The van der Waals surface area contributed by atoms with Crippen LogP contribution in [0.2, 0.25) is 0 Å². The smallest absolute Gasteiger partial charge is 0.209 e. The molecule has 1 unspecified atom stereocenters. The molecule has 1 aliphatic heterocycles. The van der Waals surface area contributed by atoms with Crippen LogP contribution in [0, 0.1) is 5.92 Å². The van der Waals surface area contributed by atoms with Gasteiger partial charge in [-0.15, -0.1) is 0 Å². The molecule has 1 atom stereocenters. The van der Waals surface area contributed by atoms with Gasteiger partial charge in [0.2, 0.25) is 6.41 Å². The van der Waals surface area contributed by atoms with Crippen molar-refractivity contribution in [1.29, 1.82) is 0 Å². The zero-order chi connectivity index (χ0) is 8.10. The van der Waals surface area contributed by atoms with Crippen molar-refractivity contribution in [2.45, 2.75) is 12.8 Å². The van der Waals surface area contributed by atoms with Crippen molar-refractivity contribution in [3.8, 4) is 0 Å². The lowest BCUT2D eigenvalue weighted by Gasteiger charge is -2.29. The van der Waals surface area contributed by atoms with Crippen molar-refractivity contribution in [3.05, 3.63) is 0 Å². The van der Waals surface area contributed by atoms with Crippen LogP contribution in [0.1, 0.15) is 12.8 Å². The van der Waals surface area contributed by atoms with Gasteiger partial charge in [-0.1, -0.05) is 0 Å². The third-order valence-electron chi connectivity index (χ3n) is 2.10. The van der Waals surface area contributed by atoms with E-state index in [2.05, 4.69) is 0 Å². The summed E-state index contributed by atoms with van der Waals surface area (Å²) in [6, 6.07) is 0. The predicted molar refractivity (Wildman–Crippen MR) is 42.2 cm³/mol. The number of amides is 1. The topological polar surface area (TPSA) is 29.5 Å². The van der Waals surface area contributed by atoms with Crippen LogP contribution in [0.25, 0.3) is 0 Å². The predicted octanol–water partition coefficient (Wildman–Crippen LogP) is 0.501. The van der Waals surface area contributed by atoms with E-state index in [0.717, 1.165) is 32.5 Å². The van der Waals surface area contributed by atoms with Gasteiger partial charge in [-0.25, -0.2) is 0 Å². The van der Waals surface area contributed by atoms with Gasteiger partial charge in [-0.2, -0.15) is 0 Å². The van der Waals surface area contributed by atoms with Crippen LogP contribution in [0.15, 0.2) is 0 Å². The monoisotopic (exact) mass is 157 g/mol. The fourth-order valence-electron chi connectivity index (χ4n) is 1.56. The molecule has 0 aromatic heterocycles. The molecule has 0 N–H and O–H groups in total. The molecule has 3 heteroatoms. The Bertz CT molecular complexity index is 125. The number of methoxy groups -OCH3 is 1. The van der Waals surface area contributed by atoms with E-state index in [1.165, 1.54) is 6.42 Å². The summed E-state index contributed by atoms with van der Waals surface area (Å²) in [6.07, 6.45) is 3.24. The van der Waals surface area contributed by atoms with Crippen molar-refractivity contribution in [3.63, 3.8) is 0 Å². The Kier molecular flexibility index (Phi) is 3.36. The van der Waals surface area contributed by atoms with Gasteiger partial charge in [-0.05, 0) is 18.8 Å². The first-order valence-corrected chi connectivity index (χ1v) is 4.05. The molecule has 1 aliphatic rings. The molecule has 1 fully saturated rings. The maximum absolute atomic E-state index is 10.4. The van der Waals surface area contributed by atoms with Gasteiger partial charge in [0.15, 0.2) is 0 Å². The Morgan fingerprint density at radius 2 is 2.55 bits per heavy atom. The summed E-state index contributed by atoms with van der Waals surface area (Å²) in [6.45, 7) is 2.57. The Morgan fingerprint density at radius 1 is 1.73 bits per heavy atom. The molecule has 0 bridgehead atoms. The summed E-state index contributed by atoms with van der Waals surface area (Å²) in [7, 11) is 1.71. The average Bonchev–Trinajstić information content (AvgIpc) is 2.06. The third kappa shape index (κ3) is 2.50. The van der Waals surface area contributed by atoms with Gasteiger partial charge in [0.25, 0.3) is 0 Å². The van der Waals surface area contributed by atoms with E-state index in [-0.39, 0.29) is 0 Å². The van der Waals surface area contributed by atoms with Crippen LogP contribution < -0.4 is 0 Å². The van der Waals surface area contributed by atoms with Crippen LogP contribution in [-0.4, -0.2) is 38.1 Å². The zero-order valence-corrected chi connectivity index (χ0v) is 6.95. The van der Waals surface area contributed by atoms with Crippen LogP contribution in [0.3, 0.4) is 0 Å². The fraction of sp³-hybridized carbons (Fsp3) is 0.875. The number of nitrogens with zero attached hydrogens (tertiary/aromatic N) is 1. The molecule has 0 radical (unpaired) electrons. The van der Waals surface area contributed by atoms with E-state index in [0.29, 0.717) is 5.92 Å². The van der Waals surface area contributed by atoms with Crippen LogP contribution in [0.5, 0.6) is 0 Å². The molecule has 1 rings (SSSR count). The van der Waals surface area contributed by atoms with Gasteiger partial charge in [0.05, 0.1) is 6.61 Å². The molecule has 0 saturated carbocycles. The summed E-state index contributed by atoms with van der Waals surface area (Å²) in [4.78, 5) is 12.2. The quantitative estimate of drug-likeness (QED) is 0.558. The van der Waals surface area contributed by atoms with Gasteiger partial charge < -0.3 is 9.64 Å². The van der Waals surface area contributed by atoms with Gasteiger partial charge in [0, 0.05) is 20.2 Å². The van der Waals surface area contributed by atoms with Crippen LogP contribution in [-0.2, 0) is 9.53 Å². The standard InChI is InChI=1S/C8H15NO2/c1-11-6-8-3-2-4-9(5-8)7-10/h7-8H,2-6H2,1H3. The summed E-state index contributed by atoms with van der Waals surface area (Å²) in [5.74, 6) is 0.555. The zero-order valence-electron chi connectivity index (χ0n) is 6.95. The molecule has 1 heterocycles. The minimum absolute atomic E-state index is 0.555. The molecule has 0 aromatic carbocycles. The van der Waals surface area contributed by atoms with Gasteiger partial charge in [-0.3, -0.25) is 4.79 Å². The van der Waals surface area contributed by atoms with E-state index >= 15 is 0 Å². The summed E-state index contributed by atoms with van der Waals surface area (Å²) < 4.78 is 5.03. The first kappa shape index (κ1) is 8.53. The fourth-order valence-corrected chi connectivity index (χ4v) is 1.56. The molecule has 1 amide bonds. The third-order valence-corrected chi connectivity index (χ3v) is 2.10. The second-order valence-electron chi connectivity index (χ2n) is 3.06. The van der Waals surface area contributed by atoms with Crippen molar-refractivity contribution in [2.75, 3.05) is 26.8 Å². The highest BCUT2D eigenvalue weighted by Gasteiger charge is 2.17. The lowest BCUT2D eigenvalue weighted by Crippen LogP contribution is -2.35. The highest BCUT2D eigenvalue weighted by Crippen LogP contribution is 2.14. The second-order valence-corrected chi connectivity index (χ2v) is 3.06. The average molecular weight is 157 g/mol. The van der Waals surface area contributed by atoms with E-state index < -0.39 is 0 Å². The molecule has 3 nitrogen and oxygen atoms in total. The minimum atomic E-state index is 0.555. The maximum Gasteiger partial charge on any atom is 0.209 e. The van der Waals surface area contributed by atoms with Crippen molar-refractivity contribution >= 4 is 6.41 Å². The SMILES string of the molecule is COCC1CCCN(C=O)C1. The first-order chi connectivity index (χ1) is 5.36. The number of hydrogen-bond donors (Lipinski definition) is 0. The number of piperidine rings is 1. The lowest BCUT2D eigenvalue weighted by atomic mass is 10.00. The molecular weight excluding hydrogens is 142 g/mol. The molecule has 0 aliphatic carbocycles. The largest absolute Gasteiger partial charge is 0.384 e. The molecule has 11 heavy (non-hydrogen) atoms. The summed E-state index contributed by atoms with van der Waals surface area (Å²) in [5.41, 5.74) is 0. The van der Waals surface area contributed by atoms with Crippen LogP contribution >= 0.6 is 0 Å². The highest BCUT2D eigenvalue weighted by atomic mass is 16.5. The molecular formula is C8H15NO2. The Hall–Kier alpha value is -0.570. The first-order valence-electron chi connectivity index (χ1n) is 4.05. The number of ether oxygens (including phenoxy) is 1. The molecule has 1 saturated heterocycles. The van der Waals surface area contributed by atoms with Crippen molar-refractivity contribution < 1.29 is 9.53 Å². The Labute approximate surface area is 67.3 Å². The van der Waals surface area contributed by atoms with Crippen LogP contribution in [0.4, 0.5) is 0 Å². The minimum Gasteiger partial charge on any atom is -0.384 e. The number of carbonyl (C=O) groups is 1. The number of likely N-dealkylation sites (tertiary alicyclic amines) is 1. The number of rotatable bonds is 3. The maximum atomic E-state index is 10.4. The Morgan fingerprint density at radius 3 is 3.18 bits per heavy atom. The summed E-state index contributed by atoms with van der Waals surface area (Å²) >= 11 is 0. The molecule has 0 spiro atoms. The number of hydrogen-bond acceptors (Lipinski definition) is 2. The van der Waals surface area contributed by atoms with E-state index in [1.807, 2.05) is 4.90 Å². The molecule has 0 aromatic rings. The van der Waals surface area contributed by atoms with Gasteiger partial charge in [0.1, 0.15) is 0 Å². The van der Waals surface area contributed by atoms with Crippen molar-refractivity contribution in [2.24, 2.45) is 5.92 Å².